The van der Waals surface area contributed by atoms with Gasteiger partial charge in [-0.05, 0) is 80.0 Å². The van der Waals surface area contributed by atoms with Crippen molar-refractivity contribution in [2.75, 3.05) is 0 Å². The van der Waals surface area contributed by atoms with Gasteiger partial charge in [0.15, 0.2) is 0 Å². The minimum absolute atomic E-state index is 0.0953. The summed E-state index contributed by atoms with van der Waals surface area (Å²) in [6, 6.07) is 0. The van der Waals surface area contributed by atoms with E-state index in [1.807, 2.05) is 0 Å². The lowest BCUT2D eigenvalue weighted by molar-refractivity contribution is -0.0432. The smallest absolute Gasteiger partial charge is 0.0577 e. The van der Waals surface area contributed by atoms with Gasteiger partial charge in [0, 0.05) is 5.92 Å². The molecule has 1 N–H and O–H groups in total. The largest absolute Gasteiger partial charge is 0.393 e. The standard InChI is InChI=1S/C21H30O/c1-4-14-6-8-18-17-7-5-15-13-16(22)9-11-21(15,3)19(17)10-12-20(14,18)2/h1,5,14,16-19,22H,6-13H2,2-3H3/t14-,16-,17-,18-,19-,20+,21-/m0/s1. The van der Waals surface area contributed by atoms with Crippen molar-refractivity contribution in [3.8, 4) is 12.3 Å². The van der Waals surface area contributed by atoms with E-state index in [0.29, 0.717) is 16.7 Å². The van der Waals surface area contributed by atoms with Crippen molar-refractivity contribution in [1.82, 2.24) is 0 Å². The summed E-state index contributed by atoms with van der Waals surface area (Å²) in [6.07, 6.45) is 17.9. The molecule has 0 spiro atoms. The maximum absolute atomic E-state index is 10.1. The Labute approximate surface area is 135 Å². The molecule has 0 aliphatic heterocycles. The summed E-state index contributed by atoms with van der Waals surface area (Å²) in [5.74, 6) is 6.12. The molecule has 1 nitrogen and oxygen atoms in total. The summed E-state index contributed by atoms with van der Waals surface area (Å²) in [7, 11) is 0. The first-order valence-electron chi connectivity index (χ1n) is 9.33. The minimum atomic E-state index is -0.0953. The molecule has 4 rings (SSSR count). The van der Waals surface area contributed by atoms with Crippen LogP contribution in [0.25, 0.3) is 0 Å². The highest BCUT2D eigenvalue weighted by Gasteiger charge is 2.58. The van der Waals surface area contributed by atoms with Gasteiger partial charge in [0.2, 0.25) is 0 Å². The normalized spacial score (nSPS) is 53.7. The Balaban J connectivity index is 1.67. The predicted octanol–water partition coefficient (Wildman–Crippen LogP) is 4.56. The molecular formula is C21H30O. The van der Waals surface area contributed by atoms with Gasteiger partial charge in [-0.1, -0.05) is 25.5 Å². The highest BCUT2D eigenvalue weighted by molar-refractivity contribution is 5.26. The molecule has 0 aromatic carbocycles. The average molecular weight is 298 g/mol. The van der Waals surface area contributed by atoms with Crippen LogP contribution >= 0.6 is 0 Å². The fourth-order valence-corrected chi connectivity index (χ4v) is 6.92. The van der Waals surface area contributed by atoms with Crippen molar-refractivity contribution in [2.45, 2.75) is 71.3 Å². The third kappa shape index (κ3) is 1.83. The maximum atomic E-state index is 10.1. The molecule has 0 aromatic heterocycles. The lowest BCUT2D eigenvalue weighted by Gasteiger charge is -2.57. The van der Waals surface area contributed by atoms with Gasteiger partial charge in [0.1, 0.15) is 0 Å². The van der Waals surface area contributed by atoms with Crippen LogP contribution in [0.1, 0.15) is 65.2 Å². The van der Waals surface area contributed by atoms with Gasteiger partial charge in [-0.3, -0.25) is 0 Å². The van der Waals surface area contributed by atoms with Crippen LogP contribution in [0.3, 0.4) is 0 Å². The van der Waals surface area contributed by atoms with Gasteiger partial charge in [-0.15, -0.1) is 12.3 Å². The molecule has 0 amide bonds. The predicted molar refractivity (Wildman–Crippen MR) is 90.0 cm³/mol. The summed E-state index contributed by atoms with van der Waals surface area (Å²) >= 11 is 0. The zero-order valence-electron chi connectivity index (χ0n) is 14.1. The molecule has 3 saturated carbocycles. The van der Waals surface area contributed by atoms with Crippen LogP contribution in [-0.4, -0.2) is 11.2 Å². The van der Waals surface area contributed by atoms with E-state index in [9.17, 15) is 5.11 Å². The van der Waals surface area contributed by atoms with Crippen LogP contribution in [0.2, 0.25) is 0 Å². The average Bonchev–Trinajstić information content (AvgIpc) is 2.84. The number of fused-ring (bicyclic) bond motifs is 5. The monoisotopic (exact) mass is 298 g/mol. The molecule has 1 heteroatoms. The maximum Gasteiger partial charge on any atom is 0.0577 e. The summed E-state index contributed by atoms with van der Waals surface area (Å²) in [5.41, 5.74) is 2.33. The van der Waals surface area contributed by atoms with E-state index in [1.54, 1.807) is 5.57 Å². The van der Waals surface area contributed by atoms with Gasteiger partial charge in [0.25, 0.3) is 0 Å². The van der Waals surface area contributed by atoms with Gasteiger partial charge in [0.05, 0.1) is 6.10 Å². The Morgan fingerprint density at radius 2 is 1.95 bits per heavy atom. The van der Waals surface area contributed by atoms with Crippen molar-refractivity contribution in [2.24, 2.45) is 34.5 Å². The quantitative estimate of drug-likeness (QED) is 0.513. The van der Waals surface area contributed by atoms with E-state index in [0.717, 1.165) is 30.6 Å². The van der Waals surface area contributed by atoms with Crippen LogP contribution in [0.4, 0.5) is 0 Å². The van der Waals surface area contributed by atoms with Crippen molar-refractivity contribution < 1.29 is 5.11 Å². The van der Waals surface area contributed by atoms with E-state index in [4.69, 9.17) is 6.42 Å². The van der Waals surface area contributed by atoms with Crippen molar-refractivity contribution in [3.63, 3.8) is 0 Å². The molecular weight excluding hydrogens is 268 g/mol. The van der Waals surface area contributed by atoms with E-state index in [1.165, 1.54) is 38.5 Å². The second-order valence-electron chi connectivity index (χ2n) is 9.00. The Kier molecular flexibility index (Phi) is 3.29. The van der Waals surface area contributed by atoms with Crippen molar-refractivity contribution in [3.05, 3.63) is 11.6 Å². The van der Waals surface area contributed by atoms with E-state index in [-0.39, 0.29) is 6.10 Å². The third-order valence-corrected chi connectivity index (χ3v) is 8.28. The number of allylic oxidation sites excluding steroid dienone is 1. The number of hydrogen-bond acceptors (Lipinski definition) is 1. The number of rotatable bonds is 0. The summed E-state index contributed by atoms with van der Waals surface area (Å²) < 4.78 is 0. The molecule has 0 bridgehead atoms. The Morgan fingerprint density at radius 3 is 2.73 bits per heavy atom. The fraction of sp³-hybridized carbons (Fsp3) is 0.810. The van der Waals surface area contributed by atoms with Crippen LogP contribution in [0.15, 0.2) is 11.6 Å². The molecule has 7 atom stereocenters. The van der Waals surface area contributed by atoms with Crippen molar-refractivity contribution >= 4 is 0 Å². The lowest BCUT2D eigenvalue weighted by Crippen LogP contribution is -2.50. The first-order chi connectivity index (χ1) is 10.5. The summed E-state index contributed by atoms with van der Waals surface area (Å²) in [4.78, 5) is 0. The zero-order chi connectivity index (χ0) is 15.5. The molecule has 0 heterocycles. The number of terminal acetylenes is 1. The molecule has 120 valence electrons. The van der Waals surface area contributed by atoms with E-state index >= 15 is 0 Å². The second-order valence-corrected chi connectivity index (χ2v) is 9.00. The summed E-state index contributed by atoms with van der Waals surface area (Å²) in [6.45, 7) is 4.98. The molecule has 0 unspecified atom stereocenters. The van der Waals surface area contributed by atoms with Gasteiger partial charge in [-0.2, -0.15) is 0 Å². The van der Waals surface area contributed by atoms with Crippen LogP contribution in [0, 0.1) is 46.8 Å². The van der Waals surface area contributed by atoms with Gasteiger partial charge < -0.3 is 5.11 Å². The lowest BCUT2D eigenvalue weighted by atomic mass is 9.47. The first kappa shape index (κ1) is 14.8. The zero-order valence-corrected chi connectivity index (χ0v) is 14.1. The molecule has 22 heavy (non-hydrogen) atoms. The Morgan fingerprint density at radius 1 is 1.14 bits per heavy atom. The van der Waals surface area contributed by atoms with E-state index < -0.39 is 0 Å². The Bertz CT molecular complexity index is 541. The van der Waals surface area contributed by atoms with Crippen LogP contribution in [0.5, 0.6) is 0 Å². The molecule has 0 aromatic rings. The van der Waals surface area contributed by atoms with Crippen LogP contribution in [-0.2, 0) is 0 Å². The SMILES string of the molecule is C#C[C@H]1CC[C@H]2[C@@H]3CC=C4C[C@@H](O)CC[C@]4(C)[C@H]3CC[C@]12C. The molecule has 3 fully saturated rings. The van der Waals surface area contributed by atoms with Crippen molar-refractivity contribution in [1.29, 1.82) is 0 Å². The topological polar surface area (TPSA) is 20.2 Å². The first-order valence-corrected chi connectivity index (χ1v) is 9.33. The highest BCUT2D eigenvalue weighted by Crippen LogP contribution is 2.66. The minimum Gasteiger partial charge on any atom is -0.393 e. The van der Waals surface area contributed by atoms with E-state index in [2.05, 4.69) is 25.8 Å². The molecule has 0 saturated heterocycles. The Hall–Kier alpha value is -0.740. The molecule has 4 aliphatic carbocycles. The number of hydrogen-bond donors (Lipinski definition) is 1. The highest BCUT2D eigenvalue weighted by atomic mass is 16.3. The summed E-state index contributed by atoms with van der Waals surface area (Å²) in [5, 5.41) is 10.1. The van der Waals surface area contributed by atoms with Gasteiger partial charge in [-0.25, -0.2) is 0 Å². The van der Waals surface area contributed by atoms with Crippen LogP contribution < -0.4 is 0 Å². The molecule has 4 aliphatic rings. The number of aliphatic hydroxyl groups excluding tert-OH is 1. The third-order valence-electron chi connectivity index (χ3n) is 8.28. The number of aliphatic hydroxyl groups is 1. The molecule has 0 radical (unpaired) electrons. The second kappa shape index (κ2) is 4.88. The van der Waals surface area contributed by atoms with Gasteiger partial charge >= 0.3 is 0 Å². The fourth-order valence-electron chi connectivity index (χ4n) is 6.92.